The standard InChI is InChI=1S/C23H46N4O4/c1-4-5-6-7-8-9-10-11-12-13-14-15-20(28)26-19(17-31-16-18(2)3)23(30)27-21(24)22(25)29/h18-19,21H,4-17,24H2,1-3H3,(H2,25,29)(H,26,28)(H,27,30)/t19-,21+/m1/s1. The fourth-order valence-corrected chi connectivity index (χ4v) is 3.15. The van der Waals surface area contributed by atoms with Crippen molar-refractivity contribution in [3.63, 3.8) is 0 Å². The summed E-state index contributed by atoms with van der Waals surface area (Å²) in [6.45, 7) is 6.68. The highest BCUT2D eigenvalue weighted by Crippen LogP contribution is 2.12. The lowest BCUT2D eigenvalue weighted by Gasteiger charge is -2.20. The fourth-order valence-electron chi connectivity index (χ4n) is 3.15. The number of hydrogen-bond acceptors (Lipinski definition) is 5. The lowest BCUT2D eigenvalue weighted by Crippen LogP contribution is -2.57. The van der Waals surface area contributed by atoms with E-state index in [9.17, 15) is 14.4 Å². The summed E-state index contributed by atoms with van der Waals surface area (Å²) in [6.07, 6.45) is 12.3. The highest BCUT2D eigenvalue weighted by Gasteiger charge is 2.24. The van der Waals surface area contributed by atoms with Gasteiger partial charge in [-0.05, 0) is 12.3 Å². The Morgan fingerprint density at radius 2 is 1.32 bits per heavy atom. The summed E-state index contributed by atoms with van der Waals surface area (Å²) >= 11 is 0. The Kier molecular flexibility index (Phi) is 18.0. The summed E-state index contributed by atoms with van der Waals surface area (Å²) in [7, 11) is 0. The second-order valence-corrected chi connectivity index (χ2v) is 8.73. The van der Waals surface area contributed by atoms with Gasteiger partial charge in [0.2, 0.25) is 11.8 Å². The molecule has 3 amide bonds. The molecular formula is C23H46N4O4. The van der Waals surface area contributed by atoms with Crippen molar-refractivity contribution in [2.24, 2.45) is 17.4 Å². The van der Waals surface area contributed by atoms with E-state index < -0.39 is 24.0 Å². The predicted molar refractivity (Wildman–Crippen MR) is 124 cm³/mol. The minimum Gasteiger partial charge on any atom is -0.378 e. The lowest BCUT2D eigenvalue weighted by atomic mass is 10.1. The summed E-state index contributed by atoms with van der Waals surface area (Å²) in [4.78, 5) is 35.7. The van der Waals surface area contributed by atoms with Crippen molar-refractivity contribution in [1.82, 2.24) is 10.6 Å². The molecule has 0 aromatic heterocycles. The molecule has 0 bridgehead atoms. The number of nitrogens with two attached hydrogens (primary N) is 2. The smallest absolute Gasteiger partial charge is 0.254 e. The van der Waals surface area contributed by atoms with Crippen LogP contribution in [-0.2, 0) is 19.1 Å². The van der Waals surface area contributed by atoms with Crippen molar-refractivity contribution in [2.75, 3.05) is 13.2 Å². The first-order valence-electron chi connectivity index (χ1n) is 12.0. The molecule has 182 valence electrons. The van der Waals surface area contributed by atoms with Crippen LogP contribution >= 0.6 is 0 Å². The zero-order valence-corrected chi connectivity index (χ0v) is 19.9. The van der Waals surface area contributed by atoms with Gasteiger partial charge >= 0.3 is 0 Å². The molecule has 0 aromatic rings. The van der Waals surface area contributed by atoms with Gasteiger partial charge in [0.05, 0.1) is 6.61 Å². The number of carbonyl (C=O) groups excluding carboxylic acids is 3. The van der Waals surface area contributed by atoms with Gasteiger partial charge in [-0.1, -0.05) is 85.0 Å². The van der Waals surface area contributed by atoms with Crippen molar-refractivity contribution in [1.29, 1.82) is 0 Å². The van der Waals surface area contributed by atoms with Gasteiger partial charge in [-0.15, -0.1) is 0 Å². The van der Waals surface area contributed by atoms with Gasteiger partial charge in [-0.25, -0.2) is 0 Å². The van der Waals surface area contributed by atoms with E-state index in [4.69, 9.17) is 16.2 Å². The van der Waals surface area contributed by atoms with Gasteiger partial charge in [0.15, 0.2) is 6.17 Å². The van der Waals surface area contributed by atoms with Crippen LogP contribution in [-0.4, -0.2) is 43.1 Å². The normalized spacial score (nSPS) is 13.1. The van der Waals surface area contributed by atoms with E-state index in [1.807, 2.05) is 13.8 Å². The molecule has 8 heteroatoms. The van der Waals surface area contributed by atoms with Crippen LogP contribution in [0.1, 0.15) is 97.8 Å². The number of unbranched alkanes of at least 4 members (excludes halogenated alkanes) is 10. The molecular weight excluding hydrogens is 396 g/mol. The van der Waals surface area contributed by atoms with Crippen LogP contribution in [0.4, 0.5) is 0 Å². The summed E-state index contributed by atoms with van der Waals surface area (Å²) in [5.74, 6) is -1.34. The Morgan fingerprint density at radius 1 is 0.806 bits per heavy atom. The van der Waals surface area contributed by atoms with E-state index >= 15 is 0 Å². The molecule has 0 aliphatic heterocycles. The molecule has 0 fully saturated rings. The Hall–Kier alpha value is -1.67. The molecule has 2 atom stereocenters. The number of rotatable bonds is 20. The molecule has 0 saturated carbocycles. The van der Waals surface area contributed by atoms with Crippen LogP contribution in [0, 0.1) is 5.92 Å². The fraction of sp³-hybridized carbons (Fsp3) is 0.870. The Bertz CT molecular complexity index is 500. The third-order valence-corrected chi connectivity index (χ3v) is 5.00. The summed E-state index contributed by atoms with van der Waals surface area (Å²) in [5.41, 5.74) is 10.6. The second-order valence-electron chi connectivity index (χ2n) is 8.73. The van der Waals surface area contributed by atoms with Gasteiger partial charge in [0.1, 0.15) is 6.04 Å². The van der Waals surface area contributed by atoms with E-state index in [0.717, 1.165) is 19.3 Å². The van der Waals surface area contributed by atoms with Crippen molar-refractivity contribution in [3.8, 4) is 0 Å². The lowest BCUT2D eigenvalue weighted by molar-refractivity contribution is -0.132. The first-order valence-corrected chi connectivity index (χ1v) is 12.0. The number of carbonyl (C=O) groups is 3. The second kappa shape index (κ2) is 19.0. The van der Waals surface area contributed by atoms with E-state index in [-0.39, 0.29) is 12.5 Å². The van der Waals surface area contributed by atoms with Crippen LogP contribution < -0.4 is 22.1 Å². The van der Waals surface area contributed by atoms with Gasteiger partial charge in [-0.2, -0.15) is 0 Å². The summed E-state index contributed by atoms with van der Waals surface area (Å²) in [6, 6.07) is -0.913. The highest BCUT2D eigenvalue weighted by atomic mass is 16.5. The van der Waals surface area contributed by atoms with Crippen molar-refractivity contribution >= 4 is 17.7 Å². The molecule has 8 nitrogen and oxygen atoms in total. The summed E-state index contributed by atoms with van der Waals surface area (Å²) < 4.78 is 5.50. The van der Waals surface area contributed by atoms with Gasteiger partial charge in [0, 0.05) is 13.0 Å². The molecule has 0 heterocycles. The highest BCUT2D eigenvalue weighted by molar-refractivity contribution is 5.91. The molecule has 0 unspecified atom stereocenters. The molecule has 0 aliphatic rings. The number of hydrogen-bond donors (Lipinski definition) is 4. The first-order chi connectivity index (χ1) is 14.8. The molecule has 6 N–H and O–H groups in total. The van der Waals surface area contributed by atoms with Crippen LogP contribution in [0.25, 0.3) is 0 Å². The van der Waals surface area contributed by atoms with Crippen LogP contribution in [0.3, 0.4) is 0 Å². The molecule has 31 heavy (non-hydrogen) atoms. The maximum absolute atomic E-state index is 12.3. The van der Waals surface area contributed by atoms with Crippen molar-refractivity contribution in [2.45, 2.75) is 110 Å². The minimum absolute atomic E-state index is 0.0134. The average molecular weight is 443 g/mol. The molecule has 0 aliphatic carbocycles. The van der Waals surface area contributed by atoms with Crippen LogP contribution in [0.15, 0.2) is 0 Å². The van der Waals surface area contributed by atoms with E-state index in [2.05, 4.69) is 17.6 Å². The first kappa shape index (κ1) is 29.3. The van der Waals surface area contributed by atoms with Crippen LogP contribution in [0.2, 0.25) is 0 Å². The Balaban J connectivity index is 4.12. The maximum Gasteiger partial charge on any atom is 0.254 e. The van der Waals surface area contributed by atoms with Crippen molar-refractivity contribution in [3.05, 3.63) is 0 Å². The molecule has 0 saturated heterocycles. The molecule has 0 rings (SSSR count). The number of primary amides is 1. The third kappa shape index (κ3) is 17.7. The van der Waals surface area contributed by atoms with Gasteiger partial charge < -0.3 is 26.8 Å². The largest absolute Gasteiger partial charge is 0.378 e. The zero-order valence-electron chi connectivity index (χ0n) is 19.9. The number of ether oxygens (including phenoxy) is 1. The van der Waals surface area contributed by atoms with Gasteiger partial charge in [-0.3, -0.25) is 14.4 Å². The Labute approximate surface area is 188 Å². The average Bonchev–Trinajstić information content (AvgIpc) is 2.70. The minimum atomic E-state index is -1.30. The Morgan fingerprint density at radius 3 is 1.81 bits per heavy atom. The van der Waals surface area contributed by atoms with E-state index in [1.54, 1.807) is 0 Å². The van der Waals surface area contributed by atoms with Crippen LogP contribution in [0.5, 0.6) is 0 Å². The van der Waals surface area contributed by atoms with Gasteiger partial charge in [0.25, 0.3) is 5.91 Å². The molecule has 0 spiro atoms. The number of amides is 3. The van der Waals surface area contributed by atoms with E-state index in [1.165, 1.54) is 51.4 Å². The molecule has 0 radical (unpaired) electrons. The predicted octanol–water partition coefficient (Wildman–Crippen LogP) is 2.73. The topological polar surface area (TPSA) is 137 Å². The number of nitrogens with one attached hydrogen (secondary N) is 2. The van der Waals surface area contributed by atoms with E-state index in [0.29, 0.717) is 18.9 Å². The zero-order chi connectivity index (χ0) is 23.5. The quantitative estimate of drug-likeness (QED) is 0.170. The van der Waals surface area contributed by atoms with Crippen molar-refractivity contribution < 1.29 is 19.1 Å². The molecule has 0 aromatic carbocycles. The maximum atomic E-state index is 12.3. The summed E-state index contributed by atoms with van der Waals surface area (Å²) in [5, 5.41) is 4.99. The monoisotopic (exact) mass is 442 g/mol. The third-order valence-electron chi connectivity index (χ3n) is 5.00. The SMILES string of the molecule is CCCCCCCCCCCCCC(=O)N[C@H](COCC(C)C)C(=O)N[C@H](N)C(N)=O.